The number of hydrogen-bond acceptors (Lipinski definition) is 15. The Balaban J connectivity index is 1.31. The zero-order valence-corrected chi connectivity index (χ0v) is 25.7. The molecule has 0 amide bonds. The van der Waals surface area contributed by atoms with Crippen molar-refractivity contribution in [3.63, 3.8) is 0 Å². The van der Waals surface area contributed by atoms with Crippen LogP contribution >= 0.6 is 26.0 Å². The summed E-state index contributed by atoms with van der Waals surface area (Å²) in [7, 11) is -2.91. The lowest BCUT2D eigenvalue weighted by molar-refractivity contribution is -0.132. The number of ether oxygens (including phenoxy) is 2. The Hall–Kier alpha value is -2.85. The molecule has 45 heavy (non-hydrogen) atoms. The average molecular weight is 714 g/mol. The molecule has 2 unspecified atom stereocenters. The lowest BCUT2D eigenvalue weighted by Crippen LogP contribution is -2.40. The molecule has 9 atom stereocenters. The topological polar surface area (TPSA) is 254 Å². The summed E-state index contributed by atoms with van der Waals surface area (Å²) in [6, 6.07) is 1.39. The number of H-pyrrole nitrogens is 1. The number of nitrogens with two attached hydrogens (primary N) is 2. The Morgan fingerprint density at radius 2 is 2.02 bits per heavy atom. The molecule has 4 aromatic heterocycles. The predicted molar refractivity (Wildman–Crippen MR) is 155 cm³/mol. The maximum absolute atomic E-state index is 15.8. The predicted octanol–water partition coefficient (Wildman–Crippen LogP) is 0.544. The first kappa shape index (κ1) is 32.1. The SMILES string of the molecule is Nc1nc2c(nnn2[C@@H]2O[C@H](CO)[C@H](F)[C@H]2P(O)(=S)OC[C@H]2O[C@@H](n3ccc4c(N)ncnc43)C(F)(F)[C@@H]2O[P+](=O)S)c(=O)[nH]1. The number of halogens is 3. The molecule has 0 radical (unpaired) electrons. The van der Waals surface area contributed by atoms with Crippen LogP contribution in [0, 0.1) is 0 Å². The molecular weight excluding hydrogens is 691 g/mol. The third kappa shape index (κ3) is 5.49. The third-order valence-corrected chi connectivity index (χ3v) is 10.8. The average Bonchev–Trinajstić information content (AvgIpc) is 3.71. The quantitative estimate of drug-likeness (QED) is 0.102. The van der Waals surface area contributed by atoms with E-state index in [-0.39, 0.29) is 34.0 Å². The van der Waals surface area contributed by atoms with Crippen LogP contribution < -0.4 is 17.0 Å². The number of nitrogen functional groups attached to an aromatic ring is 2. The highest BCUT2D eigenvalue weighted by molar-refractivity contribution is 8.39. The van der Waals surface area contributed by atoms with Gasteiger partial charge in [-0.3, -0.25) is 9.78 Å². The second-order valence-corrected chi connectivity index (χ2v) is 15.1. The summed E-state index contributed by atoms with van der Waals surface area (Å²) in [6.07, 6.45) is -9.18. The van der Waals surface area contributed by atoms with Crippen molar-refractivity contribution in [2.45, 2.75) is 48.5 Å². The van der Waals surface area contributed by atoms with E-state index in [1.54, 1.807) is 0 Å². The van der Waals surface area contributed by atoms with E-state index in [1.165, 1.54) is 12.3 Å². The molecule has 6 rings (SSSR count). The summed E-state index contributed by atoms with van der Waals surface area (Å²) in [4.78, 5) is 37.6. The molecule has 25 heteroatoms. The number of nitrogens with one attached hydrogen (secondary N) is 1. The first-order chi connectivity index (χ1) is 21.2. The highest BCUT2D eigenvalue weighted by atomic mass is 32.7. The fourth-order valence-electron chi connectivity index (χ4n) is 5.20. The van der Waals surface area contributed by atoms with E-state index in [0.717, 1.165) is 15.6 Å². The van der Waals surface area contributed by atoms with Gasteiger partial charge in [-0.1, -0.05) is 5.21 Å². The molecule has 2 fully saturated rings. The van der Waals surface area contributed by atoms with Gasteiger partial charge in [0, 0.05) is 6.20 Å². The van der Waals surface area contributed by atoms with Crippen molar-refractivity contribution in [3.05, 3.63) is 28.9 Å². The summed E-state index contributed by atoms with van der Waals surface area (Å²) < 4.78 is 82.5. The van der Waals surface area contributed by atoms with Crippen LogP contribution in [0.25, 0.3) is 22.2 Å². The number of rotatable bonds is 9. The van der Waals surface area contributed by atoms with E-state index in [2.05, 4.69) is 42.5 Å². The second kappa shape index (κ2) is 11.7. The zero-order valence-electron chi connectivity index (χ0n) is 22.2. The number of fused-ring (bicyclic) bond motifs is 2. The molecule has 0 aromatic carbocycles. The van der Waals surface area contributed by atoms with E-state index >= 15 is 13.2 Å². The van der Waals surface area contributed by atoms with Gasteiger partial charge in [0.25, 0.3) is 5.56 Å². The minimum Gasteiger partial charge on any atom is -0.394 e. The van der Waals surface area contributed by atoms with Gasteiger partial charge in [0.05, 0.1) is 18.6 Å². The lowest BCUT2D eigenvalue weighted by Gasteiger charge is -2.28. The Labute approximate surface area is 259 Å². The summed E-state index contributed by atoms with van der Waals surface area (Å²) in [6.45, 7) is -6.24. The van der Waals surface area contributed by atoms with E-state index in [4.69, 9.17) is 41.8 Å². The van der Waals surface area contributed by atoms with Crippen molar-refractivity contribution in [1.82, 2.24) is 39.5 Å². The fraction of sp³-hybridized carbons (Fsp3) is 0.500. The van der Waals surface area contributed by atoms with Crippen molar-refractivity contribution in [3.8, 4) is 0 Å². The first-order valence-corrected chi connectivity index (χ1v) is 17.7. The molecule has 0 bridgehead atoms. The van der Waals surface area contributed by atoms with Crippen LogP contribution in [0.1, 0.15) is 12.5 Å². The van der Waals surface area contributed by atoms with Gasteiger partial charge in [-0.15, -0.1) is 9.62 Å². The minimum atomic E-state index is -4.45. The molecule has 0 spiro atoms. The number of nitrogens with zero attached hydrogens (tertiary/aromatic N) is 7. The van der Waals surface area contributed by atoms with Crippen molar-refractivity contribution in [1.29, 1.82) is 0 Å². The van der Waals surface area contributed by atoms with Crippen molar-refractivity contribution in [2.24, 2.45) is 0 Å². The Morgan fingerprint density at radius 1 is 1.27 bits per heavy atom. The summed E-state index contributed by atoms with van der Waals surface area (Å²) in [5, 5.41) is 17.4. The molecule has 0 aliphatic carbocycles. The third-order valence-electron chi connectivity index (χ3n) is 7.21. The van der Waals surface area contributed by atoms with Crippen LogP contribution in [-0.4, -0.2) is 98.8 Å². The van der Waals surface area contributed by atoms with Gasteiger partial charge in [0.2, 0.25) is 18.3 Å². The molecule has 0 saturated carbocycles. The van der Waals surface area contributed by atoms with E-state index in [0.29, 0.717) is 0 Å². The van der Waals surface area contributed by atoms with Crippen LogP contribution in [0.5, 0.6) is 0 Å². The van der Waals surface area contributed by atoms with Gasteiger partial charge >= 0.3 is 13.2 Å². The van der Waals surface area contributed by atoms with Crippen LogP contribution in [0.4, 0.5) is 24.9 Å². The summed E-state index contributed by atoms with van der Waals surface area (Å²) >= 11 is 8.88. The number of anilines is 2. The van der Waals surface area contributed by atoms with Crippen molar-refractivity contribution < 1.29 is 46.3 Å². The van der Waals surface area contributed by atoms with Crippen LogP contribution in [0.15, 0.2) is 23.4 Å². The normalized spacial score (nSPS) is 29.8. The molecule has 2 aliphatic rings. The largest absolute Gasteiger partial charge is 0.582 e. The number of alkyl halides is 3. The fourth-order valence-corrected chi connectivity index (χ4v) is 8.43. The van der Waals surface area contributed by atoms with Crippen LogP contribution in [-0.2, 0) is 34.9 Å². The second-order valence-electron chi connectivity index (χ2n) is 9.88. The Morgan fingerprint density at radius 3 is 2.73 bits per heavy atom. The summed E-state index contributed by atoms with van der Waals surface area (Å²) in [5.74, 6) is -4.22. The highest BCUT2D eigenvalue weighted by Gasteiger charge is 2.64. The van der Waals surface area contributed by atoms with Gasteiger partial charge in [-0.25, -0.2) is 14.4 Å². The molecule has 18 nitrogen and oxygen atoms in total. The van der Waals surface area contributed by atoms with E-state index in [1.807, 2.05) is 0 Å². The monoisotopic (exact) mass is 713 g/mol. The Bertz CT molecular complexity index is 1900. The number of thiol groups is 1. The van der Waals surface area contributed by atoms with Gasteiger partial charge in [0.15, 0.2) is 23.9 Å². The van der Waals surface area contributed by atoms with Crippen molar-refractivity contribution in [2.75, 3.05) is 24.7 Å². The Kier molecular flexibility index (Phi) is 8.38. The van der Waals surface area contributed by atoms with Gasteiger partial charge < -0.3 is 40.0 Å². The maximum atomic E-state index is 15.8. The number of aliphatic hydroxyl groups excluding tert-OH is 1. The van der Waals surface area contributed by atoms with Gasteiger partial charge in [-0.05, 0) is 22.4 Å². The number of aliphatic hydroxyl groups is 1. The highest BCUT2D eigenvalue weighted by Crippen LogP contribution is 2.59. The van der Waals surface area contributed by atoms with Gasteiger partial charge in [-0.2, -0.15) is 18.4 Å². The van der Waals surface area contributed by atoms with E-state index < -0.39 is 81.0 Å². The number of hydrogen-bond donors (Lipinski definition) is 6. The first-order valence-electron chi connectivity index (χ1n) is 12.7. The van der Waals surface area contributed by atoms with Crippen LogP contribution in [0.3, 0.4) is 0 Å². The molecule has 4 aromatic rings. The zero-order chi connectivity index (χ0) is 32.4. The minimum absolute atomic E-state index is 0.00978. The molecule has 2 saturated heterocycles. The van der Waals surface area contributed by atoms with E-state index in [9.17, 15) is 19.4 Å². The lowest BCUT2D eigenvalue weighted by atomic mass is 10.1. The standard InChI is InChI=1S/C20H21F3N10O8P2S2/c21-9-7(3-34)39-17(33-15-10(30-31-33)16(35)29-19(25)28-15)11(9)43(37,45)38-4-8-12(41-42(36)44)20(22,23)18(40-8)32-2-1-6-13(24)26-5-27-14(6)32/h1-2,5,7-9,11-12,17-18,34H,3-4H2,(H6-,24,25,26,27,28,29,31,35,36,37,44,45)/p+1/t7-,8-,9+,11-,12-,17-,18-,43?/m1/s1. The molecule has 2 aliphatic heterocycles. The molecule has 7 N–H and O–H groups in total. The number of aromatic nitrogens is 8. The van der Waals surface area contributed by atoms with Crippen molar-refractivity contribution >= 4 is 71.7 Å². The molecular formula is C20H22F3N10O8P2S2+. The van der Waals surface area contributed by atoms with Gasteiger partial charge in [0.1, 0.15) is 54.1 Å². The summed E-state index contributed by atoms with van der Waals surface area (Å²) in [5.41, 5.74) is 8.29. The maximum Gasteiger partial charge on any atom is 0.582 e. The van der Waals surface area contributed by atoms with Crippen LogP contribution in [0.2, 0.25) is 0 Å². The molecule has 6 heterocycles. The number of aromatic amines is 1. The smallest absolute Gasteiger partial charge is 0.394 e. The molecule has 242 valence electrons.